The number of carbonyl (C=O) groups is 1. The highest BCUT2D eigenvalue weighted by Gasteiger charge is 2.22. The van der Waals surface area contributed by atoms with Gasteiger partial charge in [-0.3, -0.25) is 9.59 Å². The molecule has 0 saturated carbocycles. The number of rotatable bonds is 6. The molecule has 0 saturated heterocycles. The van der Waals surface area contributed by atoms with Gasteiger partial charge in [-0.2, -0.15) is 0 Å². The summed E-state index contributed by atoms with van der Waals surface area (Å²) in [7, 11) is 0. The van der Waals surface area contributed by atoms with E-state index in [1.165, 1.54) is 4.68 Å². The summed E-state index contributed by atoms with van der Waals surface area (Å²) in [6.45, 7) is 4.21. The van der Waals surface area contributed by atoms with E-state index in [1.807, 2.05) is 38.1 Å². The molecule has 29 heavy (non-hydrogen) atoms. The maximum atomic E-state index is 12.6. The Morgan fingerprint density at radius 3 is 2.59 bits per heavy atom. The number of imidazole rings is 1. The minimum Gasteiger partial charge on any atom is -0.346 e. The van der Waals surface area contributed by atoms with Crippen molar-refractivity contribution in [1.82, 2.24) is 30.3 Å². The minimum atomic E-state index is -0.255. The van der Waals surface area contributed by atoms with Gasteiger partial charge in [0.1, 0.15) is 11.3 Å². The van der Waals surface area contributed by atoms with Crippen molar-refractivity contribution in [1.29, 1.82) is 0 Å². The first kappa shape index (κ1) is 18.8. The highest BCUT2D eigenvalue weighted by atomic mass is 16.2. The van der Waals surface area contributed by atoms with Crippen molar-refractivity contribution < 1.29 is 4.79 Å². The van der Waals surface area contributed by atoms with Crippen LogP contribution in [0, 0.1) is 5.92 Å². The first-order valence-corrected chi connectivity index (χ1v) is 9.59. The normalized spacial score (nSPS) is 12.5. The van der Waals surface area contributed by atoms with Gasteiger partial charge in [-0.05, 0) is 30.2 Å². The van der Waals surface area contributed by atoms with Crippen LogP contribution in [0.1, 0.15) is 32.1 Å². The topological polar surface area (TPSA) is 106 Å². The molecule has 0 aliphatic carbocycles. The van der Waals surface area contributed by atoms with Crippen molar-refractivity contribution in [2.45, 2.75) is 32.9 Å². The molecule has 4 rings (SSSR count). The van der Waals surface area contributed by atoms with Crippen molar-refractivity contribution in [3.8, 4) is 0 Å². The van der Waals surface area contributed by atoms with E-state index >= 15 is 0 Å². The van der Waals surface area contributed by atoms with E-state index in [0.29, 0.717) is 10.9 Å². The minimum absolute atomic E-state index is 0.121. The van der Waals surface area contributed by atoms with E-state index in [2.05, 4.69) is 25.6 Å². The number of amides is 1. The molecule has 8 nitrogen and oxygen atoms in total. The van der Waals surface area contributed by atoms with Crippen molar-refractivity contribution in [2.24, 2.45) is 5.92 Å². The van der Waals surface area contributed by atoms with Crippen LogP contribution in [0.5, 0.6) is 0 Å². The van der Waals surface area contributed by atoms with E-state index in [-0.39, 0.29) is 36.4 Å². The van der Waals surface area contributed by atoms with Gasteiger partial charge >= 0.3 is 0 Å². The number of hydrogen-bond donors (Lipinski definition) is 2. The van der Waals surface area contributed by atoms with Gasteiger partial charge in [0.25, 0.3) is 5.56 Å². The maximum absolute atomic E-state index is 12.6. The summed E-state index contributed by atoms with van der Waals surface area (Å²) in [5.74, 6) is 0.686. The Bertz CT molecular complexity index is 1190. The molecule has 0 fully saturated rings. The number of aryl methyl sites for hydroxylation is 1. The fourth-order valence-electron chi connectivity index (χ4n) is 3.29. The standard InChI is InChI=1S/C21H22N6O2/c1-13(2)19(20-22-16-9-5-6-10-17(16)23-20)24-18(28)11-12-27-21(29)14-7-3-4-8-15(14)25-26-27/h3-10,13,19H,11-12H2,1-2H3,(H,22,23)(H,24,28)/t19-/m0/s1. The fourth-order valence-corrected chi connectivity index (χ4v) is 3.29. The largest absolute Gasteiger partial charge is 0.346 e. The van der Waals surface area contributed by atoms with Crippen molar-refractivity contribution >= 4 is 27.8 Å². The third-order valence-electron chi connectivity index (χ3n) is 4.87. The Labute approximate surface area is 167 Å². The highest BCUT2D eigenvalue weighted by molar-refractivity contribution is 5.78. The van der Waals surface area contributed by atoms with Gasteiger partial charge < -0.3 is 10.3 Å². The van der Waals surface area contributed by atoms with Crippen LogP contribution in [-0.4, -0.2) is 30.9 Å². The summed E-state index contributed by atoms with van der Waals surface area (Å²) >= 11 is 0. The van der Waals surface area contributed by atoms with Gasteiger partial charge in [-0.25, -0.2) is 9.67 Å². The molecule has 1 atom stereocenters. The molecular weight excluding hydrogens is 368 g/mol. The van der Waals surface area contributed by atoms with E-state index in [0.717, 1.165) is 16.9 Å². The van der Waals surface area contributed by atoms with E-state index in [1.54, 1.807) is 24.3 Å². The van der Waals surface area contributed by atoms with Gasteiger partial charge in [-0.15, -0.1) is 5.10 Å². The molecule has 0 aliphatic heterocycles. The van der Waals surface area contributed by atoms with E-state index < -0.39 is 0 Å². The van der Waals surface area contributed by atoms with Crippen LogP contribution in [-0.2, 0) is 11.3 Å². The summed E-state index contributed by atoms with van der Waals surface area (Å²) in [6, 6.07) is 14.5. The zero-order valence-electron chi connectivity index (χ0n) is 16.3. The lowest BCUT2D eigenvalue weighted by molar-refractivity contribution is -0.122. The average Bonchev–Trinajstić information content (AvgIpc) is 3.15. The zero-order valence-corrected chi connectivity index (χ0v) is 16.3. The number of aromatic nitrogens is 5. The van der Waals surface area contributed by atoms with Crippen LogP contribution < -0.4 is 10.9 Å². The summed E-state index contributed by atoms with van der Waals surface area (Å²) in [5, 5.41) is 11.5. The molecule has 0 radical (unpaired) electrons. The molecular formula is C21H22N6O2. The molecule has 2 aromatic heterocycles. The average molecular weight is 390 g/mol. The van der Waals surface area contributed by atoms with Crippen LogP contribution in [0.3, 0.4) is 0 Å². The maximum Gasteiger partial charge on any atom is 0.277 e. The predicted molar refractivity (Wildman–Crippen MR) is 110 cm³/mol. The van der Waals surface area contributed by atoms with Crippen LogP contribution in [0.4, 0.5) is 0 Å². The summed E-state index contributed by atoms with van der Waals surface area (Å²) in [5.41, 5.74) is 2.09. The van der Waals surface area contributed by atoms with E-state index in [4.69, 9.17) is 0 Å². The second-order valence-electron chi connectivity index (χ2n) is 7.31. The molecule has 2 N–H and O–H groups in total. The Hall–Kier alpha value is -3.55. The first-order chi connectivity index (χ1) is 14.0. The van der Waals surface area contributed by atoms with Crippen LogP contribution in [0.15, 0.2) is 53.3 Å². The number of nitrogens with zero attached hydrogens (tertiary/aromatic N) is 4. The second-order valence-corrected chi connectivity index (χ2v) is 7.31. The van der Waals surface area contributed by atoms with Gasteiger partial charge in [0.15, 0.2) is 0 Å². The third kappa shape index (κ3) is 3.87. The number of carbonyl (C=O) groups excluding carboxylic acids is 1. The quantitative estimate of drug-likeness (QED) is 0.526. The van der Waals surface area contributed by atoms with E-state index in [9.17, 15) is 9.59 Å². The van der Waals surface area contributed by atoms with Crippen molar-refractivity contribution in [3.05, 3.63) is 64.7 Å². The monoisotopic (exact) mass is 390 g/mol. The van der Waals surface area contributed by atoms with Gasteiger partial charge in [0.05, 0.1) is 29.0 Å². The SMILES string of the molecule is CC(C)[C@H](NC(=O)CCn1nnc2ccccc2c1=O)c1nc2ccccc2[nH]1. The molecule has 2 aromatic carbocycles. The van der Waals surface area contributed by atoms with Gasteiger partial charge in [0.2, 0.25) is 5.91 Å². The molecule has 0 spiro atoms. The predicted octanol–water partition coefficient (Wildman–Crippen LogP) is 2.57. The highest BCUT2D eigenvalue weighted by Crippen LogP contribution is 2.22. The lowest BCUT2D eigenvalue weighted by Crippen LogP contribution is -2.34. The zero-order chi connectivity index (χ0) is 20.4. The number of fused-ring (bicyclic) bond motifs is 2. The number of H-pyrrole nitrogens is 1. The second kappa shape index (κ2) is 7.83. The van der Waals surface area contributed by atoms with Crippen molar-refractivity contribution in [2.75, 3.05) is 0 Å². The Balaban J connectivity index is 1.48. The van der Waals surface area contributed by atoms with Crippen LogP contribution in [0.2, 0.25) is 0 Å². The Morgan fingerprint density at radius 2 is 1.83 bits per heavy atom. The lowest BCUT2D eigenvalue weighted by Gasteiger charge is -2.20. The van der Waals surface area contributed by atoms with Crippen LogP contribution in [0.25, 0.3) is 21.9 Å². The molecule has 8 heteroatoms. The molecule has 0 aliphatic rings. The summed E-state index contributed by atoms with van der Waals surface area (Å²) < 4.78 is 1.23. The number of aromatic amines is 1. The van der Waals surface area contributed by atoms with Gasteiger partial charge in [-0.1, -0.05) is 43.3 Å². The number of benzene rings is 2. The molecule has 2 heterocycles. The first-order valence-electron chi connectivity index (χ1n) is 9.59. The molecule has 0 unspecified atom stereocenters. The summed E-state index contributed by atoms with van der Waals surface area (Å²) in [6.07, 6.45) is 0.121. The fraction of sp³-hybridized carbons (Fsp3) is 0.286. The Morgan fingerprint density at radius 1 is 1.10 bits per heavy atom. The van der Waals surface area contributed by atoms with Crippen LogP contribution >= 0.6 is 0 Å². The lowest BCUT2D eigenvalue weighted by atomic mass is 10.0. The molecule has 1 amide bonds. The molecule has 0 bridgehead atoms. The number of nitrogens with one attached hydrogen (secondary N) is 2. The molecule has 4 aromatic rings. The molecule has 148 valence electrons. The number of hydrogen-bond acceptors (Lipinski definition) is 5. The number of para-hydroxylation sites is 2. The Kier molecular flexibility index (Phi) is 5.07. The third-order valence-corrected chi connectivity index (χ3v) is 4.87. The smallest absolute Gasteiger partial charge is 0.277 e. The summed E-state index contributed by atoms with van der Waals surface area (Å²) in [4.78, 5) is 33.0. The van der Waals surface area contributed by atoms with Crippen molar-refractivity contribution in [3.63, 3.8) is 0 Å². The van der Waals surface area contributed by atoms with Gasteiger partial charge in [0, 0.05) is 6.42 Å².